The van der Waals surface area contributed by atoms with Crippen LogP contribution < -0.4 is 0 Å². The van der Waals surface area contributed by atoms with E-state index in [0.717, 1.165) is 17.6 Å². The second-order valence-electron chi connectivity index (χ2n) is 7.14. The minimum Gasteiger partial charge on any atom is -0.305 e. The maximum absolute atomic E-state index is 8.51. The molecule has 0 radical (unpaired) electrons. The topological polar surface area (TPSA) is 36.7 Å². The number of rotatable bonds is 10. The fourth-order valence-electron chi connectivity index (χ4n) is 3.54. The van der Waals surface area contributed by atoms with Gasteiger partial charge in [0, 0.05) is 29.9 Å². The lowest BCUT2D eigenvalue weighted by Gasteiger charge is -2.14. The summed E-state index contributed by atoms with van der Waals surface area (Å²) in [6, 6.07) is 4.11. The van der Waals surface area contributed by atoms with Gasteiger partial charge >= 0.3 is 0 Å². The zero-order valence-electron chi connectivity index (χ0n) is 17.2. The fraction of sp³-hybridized carbons (Fsp3) is 0.231. The summed E-state index contributed by atoms with van der Waals surface area (Å²) in [6.45, 7) is 17.8. The van der Waals surface area contributed by atoms with Crippen LogP contribution >= 0.6 is 0 Å². The van der Waals surface area contributed by atoms with Crippen LogP contribution in [0.1, 0.15) is 26.3 Å². The van der Waals surface area contributed by atoms with Gasteiger partial charge in [-0.25, -0.2) is 0 Å². The third-order valence-electron chi connectivity index (χ3n) is 5.04. The molecule has 28 heavy (non-hydrogen) atoms. The molecule has 1 aliphatic carbocycles. The van der Waals surface area contributed by atoms with Crippen molar-refractivity contribution < 1.29 is 0 Å². The van der Waals surface area contributed by atoms with E-state index in [4.69, 9.17) is 5.41 Å². The number of aromatic nitrogens is 1. The van der Waals surface area contributed by atoms with Crippen LogP contribution in [0.4, 0.5) is 0 Å². The first-order chi connectivity index (χ1) is 13.4. The van der Waals surface area contributed by atoms with Crippen molar-refractivity contribution in [2.45, 2.75) is 27.2 Å². The smallest absolute Gasteiger partial charge is 0.0351 e. The Balaban J connectivity index is 2.38. The number of allylic oxidation sites excluding steroid dienone is 11. The Kier molecular flexibility index (Phi) is 7.45. The van der Waals surface area contributed by atoms with Crippen LogP contribution in [0.2, 0.25) is 0 Å². The molecular weight excluding hydrogens is 340 g/mol. The second kappa shape index (κ2) is 9.80. The summed E-state index contributed by atoms with van der Waals surface area (Å²) in [5, 5.41) is 8.51. The molecule has 1 aliphatic rings. The molecule has 0 fully saturated rings. The van der Waals surface area contributed by atoms with Crippen molar-refractivity contribution in [2.75, 3.05) is 0 Å². The van der Waals surface area contributed by atoms with Gasteiger partial charge in [-0.05, 0) is 60.8 Å². The zero-order valence-corrected chi connectivity index (χ0v) is 17.2. The minimum absolute atomic E-state index is 0.104. The quantitative estimate of drug-likeness (QED) is 0.366. The maximum Gasteiger partial charge on any atom is 0.0351 e. The number of nitrogens with zero attached hydrogens (tertiary/aromatic N) is 1. The molecule has 1 aromatic rings. The molecule has 2 heteroatoms. The first kappa shape index (κ1) is 21.3. The highest BCUT2D eigenvalue weighted by atomic mass is 14.6. The van der Waals surface area contributed by atoms with Gasteiger partial charge in [-0.2, -0.15) is 0 Å². The van der Waals surface area contributed by atoms with Crippen LogP contribution in [-0.2, 0) is 6.42 Å². The summed E-state index contributed by atoms with van der Waals surface area (Å²) in [5.41, 5.74) is 7.79. The van der Waals surface area contributed by atoms with Crippen molar-refractivity contribution in [1.29, 1.82) is 5.41 Å². The van der Waals surface area contributed by atoms with Crippen molar-refractivity contribution in [1.82, 2.24) is 4.98 Å². The molecule has 0 saturated carbocycles. The summed E-state index contributed by atoms with van der Waals surface area (Å²) in [7, 11) is 0. The Labute approximate surface area is 169 Å². The number of hydrogen-bond donors (Lipinski definition) is 1. The molecule has 2 unspecified atom stereocenters. The molecule has 1 heterocycles. The van der Waals surface area contributed by atoms with Gasteiger partial charge < -0.3 is 5.41 Å². The van der Waals surface area contributed by atoms with E-state index in [9.17, 15) is 0 Å². The van der Waals surface area contributed by atoms with Gasteiger partial charge in [-0.15, -0.1) is 0 Å². The monoisotopic (exact) mass is 370 g/mol. The van der Waals surface area contributed by atoms with Crippen molar-refractivity contribution in [3.05, 3.63) is 114 Å². The molecule has 0 aliphatic heterocycles. The summed E-state index contributed by atoms with van der Waals surface area (Å²) >= 11 is 0. The standard InChI is InChI=1S/C26H30N2/c1-7-10-21(8-2)22(9-3)26-23(17-20-13-15-28-16-14-20)25(26)19(6)24(27)12-11-18(4)5/h7-16,19,25,27H,1-2,4,17H2,3,5-6H3/b12-11-,21-10?,22-9?,27-24?. The van der Waals surface area contributed by atoms with Crippen molar-refractivity contribution >= 4 is 5.71 Å². The van der Waals surface area contributed by atoms with Gasteiger partial charge in [0.25, 0.3) is 0 Å². The maximum atomic E-state index is 8.51. The molecule has 2 nitrogen and oxygen atoms in total. The second-order valence-corrected chi connectivity index (χ2v) is 7.14. The van der Waals surface area contributed by atoms with Gasteiger partial charge in [0.1, 0.15) is 0 Å². The summed E-state index contributed by atoms with van der Waals surface area (Å²) in [6.07, 6.45) is 16.1. The van der Waals surface area contributed by atoms with Crippen molar-refractivity contribution in [3.63, 3.8) is 0 Å². The largest absolute Gasteiger partial charge is 0.305 e. The third kappa shape index (κ3) is 5.04. The average Bonchev–Trinajstić information content (AvgIpc) is 3.38. The van der Waals surface area contributed by atoms with Crippen LogP contribution in [-0.4, -0.2) is 10.7 Å². The summed E-state index contributed by atoms with van der Waals surface area (Å²) in [4.78, 5) is 4.12. The van der Waals surface area contributed by atoms with Gasteiger partial charge in [-0.3, -0.25) is 4.98 Å². The molecule has 1 N–H and O–H groups in total. The van der Waals surface area contributed by atoms with Crippen molar-refractivity contribution in [2.24, 2.45) is 11.8 Å². The van der Waals surface area contributed by atoms with Gasteiger partial charge in [0.15, 0.2) is 0 Å². The van der Waals surface area contributed by atoms with E-state index in [1.54, 1.807) is 6.08 Å². The van der Waals surface area contributed by atoms with Gasteiger partial charge in [-0.1, -0.05) is 68.2 Å². The van der Waals surface area contributed by atoms with Crippen LogP contribution in [0, 0.1) is 17.2 Å². The van der Waals surface area contributed by atoms with E-state index in [0.29, 0.717) is 5.71 Å². The predicted octanol–water partition coefficient (Wildman–Crippen LogP) is 6.58. The van der Waals surface area contributed by atoms with Crippen molar-refractivity contribution in [3.8, 4) is 0 Å². The Morgan fingerprint density at radius 2 is 1.93 bits per heavy atom. The highest BCUT2D eigenvalue weighted by molar-refractivity contribution is 5.96. The SMILES string of the molecule is C=CC=C(C=C)C(=CC)C1=C(Cc2ccncc2)C1C(C)C(=N)/C=C\C(=C)C. The summed E-state index contributed by atoms with van der Waals surface area (Å²) < 4.78 is 0. The molecule has 2 rings (SSSR count). The predicted molar refractivity (Wildman–Crippen MR) is 122 cm³/mol. The summed E-state index contributed by atoms with van der Waals surface area (Å²) in [5.74, 6) is 0.363. The third-order valence-corrected chi connectivity index (χ3v) is 5.04. The van der Waals surface area contributed by atoms with E-state index in [2.05, 4.69) is 56.8 Å². The van der Waals surface area contributed by atoms with Crippen LogP contribution in [0.25, 0.3) is 0 Å². The lowest BCUT2D eigenvalue weighted by Crippen LogP contribution is -2.13. The molecule has 0 saturated heterocycles. The zero-order chi connectivity index (χ0) is 20.7. The van der Waals surface area contributed by atoms with E-state index in [1.807, 2.05) is 43.6 Å². The first-order valence-corrected chi connectivity index (χ1v) is 9.60. The molecule has 2 atom stereocenters. The number of nitrogens with one attached hydrogen (secondary N) is 1. The lowest BCUT2D eigenvalue weighted by atomic mass is 9.90. The molecule has 144 valence electrons. The average molecular weight is 371 g/mol. The minimum atomic E-state index is 0.104. The Morgan fingerprint density at radius 1 is 1.25 bits per heavy atom. The molecule has 0 spiro atoms. The first-order valence-electron chi connectivity index (χ1n) is 9.60. The van der Waals surface area contributed by atoms with E-state index in [-0.39, 0.29) is 11.8 Å². The highest BCUT2D eigenvalue weighted by Gasteiger charge is 2.42. The Morgan fingerprint density at radius 3 is 2.46 bits per heavy atom. The van der Waals surface area contributed by atoms with Crippen LogP contribution in [0.15, 0.2) is 109 Å². The van der Waals surface area contributed by atoms with E-state index >= 15 is 0 Å². The molecule has 0 amide bonds. The molecular formula is C26H30N2. The molecule has 0 bridgehead atoms. The lowest BCUT2D eigenvalue weighted by molar-refractivity contribution is 0.674. The highest BCUT2D eigenvalue weighted by Crippen LogP contribution is 2.52. The van der Waals surface area contributed by atoms with E-state index < -0.39 is 0 Å². The van der Waals surface area contributed by atoms with Crippen LogP contribution in [0.5, 0.6) is 0 Å². The van der Waals surface area contributed by atoms with Crippen LogP contribution in [0.3, 0.4) is 0 Å². The molecule has 0 aromatic carbocycles. The fourth-order valence-corrected chi connectivity index (χ4v) is 3.54. The number of pyridine rings is 1. The van der Waals surface area contributed by atoms with Gasteiger partial charge in [0.05, 0.1) is 0 Å². The Bertz CT molecular complexity index is 892. The number of hydrogen-bond acceptors (Lipinski definition) is 2. The normalized spacial score (nSPS) is 18.2. The van der Waals surface area contributed by atoms with E-state index in [1.165, 1.54) is 22.3 Å². The molecule has 1 aromatic heterocycles. The van der Waals surface area contributed by atoms with Gasteiger partial charge in [0.2, 0.25) is 0 Å². The Hall–Kier alpha value is -3.00.